The fourth-order valence-corrected chi connectivity index (χ4v) is 3.30. The summed E-state index contributed by atoms with van der Waals surface area (Å²) in [6.07, 6.45) is 5.05. The van der Waals surface area contributed by atoms with Crippen molar-refractivity contribution in [1.82, 2.24) is 4.98 Å². The molecule has 21 heavy (non-hydrogen) atoms. The van der Waals surface area contributed by atoms with Crippen LogP contribution in [0.2, 0.25) is 10.0 Å². The van der Waals surface area contributed by atoms with E-state index in [2.05, 4.69) is 22.1 Å². The summed E-state index contributed by atoms with van der Waals surface area (Å²) in [5.74, 6) is 1.51. The number of nitrogens with zero attached hydrogens (tertiary/aromatic N) is 2. The van der Waals surface area contributed by atoms with Crippen molar-refractivity contribution in [2.24, 2.45) is 0 Å². The van der Waals surface area contributed by atoms with E-state index in [0.717, 1.165) is 51.0 Å². The maximum Gasteiger partial charge on any atom is 0.150 e. The molecule has 4 nitrogen and oxygen atoms in total. The van der Waals surface area contributed by atoms with Crippen molar-refractivity contribution in [3.63, 3.8) is 0 Å². The number of hydrogen-bond acceptors (Lipinski definition) is 4. The third kappa shape index (κ3) is 4.15. The zero-order valence-corrected chi connectivity index (χ0v) is 13.9. The van der Waals surface area contributed by atoms with Crippen molar-refractivity contribution < 1.29 is 5.11 Å². The topological polar surface area (TPSA) is 48.4 Å². The Bertz CT molecular complexity index is 470. The van der Waals surface area contributed by atoms with E-state index >= 15 is 0 Å². The quantitative estimate of drug-likeness (QED) is 0.794. The molecule has 1 saturated heterocycles. The van der Waals surface area contributed by atoms with Gasteiger partial charge in [0.2, 0.25) is 0 Å². The number of nitrogens with one attached hydrogen (secondary N) is 1. The smallest absolute Gasteiger partial charge is 0.150 e. The molecule has 2 rings (SSSR count). The number of aromatic nitrogens is 1. The molecule has 2 N–H and O–H groups in total. The van der Waals surface area contributed by atoms with E-state index in [9.17, 15) is 0 Å². The first-order valence-corrected chi connectivity index (χ1v) is 8.40. The highest BCUT2D eigenvalue weighted by molar-refractivity contribution is 6.37. The van der Waals surface area contributed by atoms with Gasteiger partial charge in [0.25, 0.3) is 0 Å². The van der Waals surface area contributed by atoms with E-state index in [4.69, 9.17) is 28.3 Å². The lowest BCUT2D eigenvalue weighted by Gasteiger charge is -2.27. The third-order valence-corrected chi connectivity index (χ3v) is 4.36. The van der Waals surface area contributed by atoms with Crippen molar-refractivity contribution in [2.75, 3.05) is 29.9 Å². The van der Waals surface area contributed by atoms with Gasteiger partial charge in [0.05, 0.1) is 10.0 Å². The van der Waals surface area contributed by atoms with Gasteiger partial charge in [-0.2, -0.15) is 0 Å². The predicted octanol–water partition coefficient (Wildman–Crippen LogP) is 3.95. The van der Waals surface area contributed by atoms with Crippen LogP contribution in [0.25, 0.3) is 0 Å². The molecule has 0 radical (unpaired) electrons. The van der Waals surface area contributed by atoms with E-state index in [1.54, 1.807) is 6.07 Å². The molecule has 1 unspecified atom stereocenters. The molecular formula is C15H23Cl2N3O. The summed E-state index contributed by atoms with van der Waals surface area (Å²) in [6, 6.07) is 2.17. The van der Waals surface area contributed by atoms with Crippen LogP contribution in [0.5, 0.6) is 0 Å². The number of aliphatic hydroxyl groups excluding tert-OH is 1. The van der Waals surface area contributed by atoms with E-state index in [-0.39, 0.29) is 6.61 Å². The summed E-state index contributed by atoms with van der Waals surface area (Å²) in [5.41, 5.74) is 0. The second-order valence-corrected chi connectivity index (χ2v) is 6.22. The first-order chi connectivity index (χ1) is 10.2. The van der Waals surface area contributed by atoms with Crippen LogP contribution in [0.1, 0.15) is 39.0 Å². The molecule has 1 aromatic rings. The summed E-state index contributed by atoms with van der Waals surface area (Å²) in [4.78, 5) is 6.89. The molecule has 0 bridgehead atoms. The molecule has 6 heteroatoms. The highest BCUT2D eigenvalue weighted by Crippen LogP contribution is 2.36. The van der Waals surface area contributed by atoms with Crippen LogP contribution in [-0.4, -0.2) is 35.8 Å². The average molecular weight is 332 g/mol. The van der Waals surface area contributed by atoms with Crippen molar-refractivity contribution >= 4 is 34.8 Å². The van der Waals surface area contributed by atoms with Gasteiger partial charge in [-0.3, -0.25) is 0 Å². The summed E-state index contributed by atoms with van der Waals surface area (Å²) in [5, 5.41) is 13.4. The predicted molar refractivity (Wildman–Crippen MR) is 89.7 cm³/mol. The van der Waals surface area contributed by atoms with Crippen molar-refractivity contribution in [2.45, 2.75) is 45.1 Å². The standard InChI is InChI=1S/C15H23Cl2N3O/c1-2-7-18-14-12(16)10-13(17)15(19-14)20-8-3-5-11(20)6-4-9-21/h10-11,21H,2-9H2,1H3,(H,18,19). The fraction of sp³-hybridized carbons (Fsp3) is 0.667. The SMILES string of the molecule is CCCNc1nc(N2CCCC2CCCO)c(Cl)cc1Cl. The van der Waals surface area contributed by atoms with Gasteiger partial charge in [0.15, 0.2) is 0 Å². The zero-order chi connectivity index (χ0) is 15.2. The number of anilines is 2. The Morgan fingerprint density at radius 3 is 2.95 bits per heavy atom. The highest BCUT2D eigenvalue weighted by atomic mass is 35.5. The van der Waals surface area contributed by atoms with Gasteiger partial charge < -0.3 is 15.3 Å². The lowest BCUT2D eigenvalue weighted by Crippen LogP contribution is -2.30. The van der Waals surface area contributed by atoms with Crippen LogP contribution in [0.15, 0.2) is 6.07 Å². The first-order valence-electron chi connectivity index (χ1n) is 7.64. The fourth-order valence-electron chi connectivity index (χ4n) is 2.77. The second kappa shape index (κ2) is 8.06. The molecule has 0 aliphatic carbocycles. The Morgan fingerprint density at radius 2 is 2.24 bits per heavy atom. The van der Waals surface area contributed by atoms with Crippen LogP contribution in [0, 0.1) is 0 Å². The molecule has 1 fully saturated rings. The number of pyridine rings is 1. The lowest BCUT2D eigenvalue weighted by atomic mass is 10.1. The van der Waals surface area contributed by atoms with Gasteiger partial charge >= 0.3 is 0 Å². The largest absolute Gasteiger partial charge is 0.396 e. The summed E-state index contributed by atoms with van der Waals surface area (Å²) >= 11 is 12.6. The Kier molecular flexibility index (Phi) is 6.40. The van der Waals surface area contributed by atoms with Gasteiger partial charge in [0, 0.05) is 25.7 Å². The van der Waals surface area contributed by atoms with E-state index in [1.807, 2.05) is 0 Å². The van der Waals surface area contributed by atoms with Gasteiger partial charge in [-0.1, -0.05) is 30.1 Å². The number of halogens is 2. The molecule has 0 aromatic carbocycles. The molecule has 1 aliphatic rings. The van der Waals surface area contributed by atoms with E-state index < -0.39 is 0 Å². The highest BCUT2D eigenvalue weighted by Gasteiger charge is 2.27. The minimum absolute atomic E-state index is 0.232. The van der Waals surface area contributed by atoms with Gasteiger partial charge in [-0.25, -0.2) is 4.98 Å². The lowest BCUT2D eigenvalue weighted by molar-refractivity contribution is 0.279. The molecule has 2 heterocycles. The molecule has 0 amide bonds. The third-order valence-electron chi connectivity index (χ3n) is 3.80. The normalized spacial score (nSPS) is 18.3. The van der Waals surface area contributed by atoms with Crippen LogP contribution in [0.4, 0.5) is 11.6 Å². The van der Waals surface area contributed by atoms with Crippen LogP contribution in [-0.2, 0) is 0 Å². The Labute approximate surface area is 136 Å². The maximum atomic E-state index is 9.03. The second-order valence-electron chi connectivity index (χ2n) is 5.41. The molecular weight excluding hydrogens is 309 g/mol. The van der Waals surface area contributed by atoms with E-state index in [1.165, 1.54) is 0 Å². The van der Waals surface area contributed by atoms with Crippen molar-refractivity contribution in [3.05, 3.63) is 16.1 Å². The monoisotopic (exact) mass is 331 g/mol. The van der Waals surface area contributed by atoms with Crippen LogP contribution >= 0.6 is 23.2 Å². The zero-order valence-electron chi connectivity index (χ0n) is 12.4. The van der Waals surface area contributed by atoms with Crippen molar-refractivity contribution in [1.29, 1.82) is 0 Å². The summed E-state index contributed by atoms with van der Waals surface area (Å²) in [6.45, 7) is 4.12. The van der Waals surface area contributed by atoms with Gasteiger partial charge in [0.1, 0.15) is 11.6 Å². The number of aliphatic hydroxyl groups is 1. The molecule has 0 spiro atoms. The Balaban J connectivity index is 2.20. The Hall–Kier alpha value is -0.710. The van der Waals surface area contributed by atoms with Crippen molar-refractivity contribution in [3.8, 4) is 0 Å². The Morgan fingerprint density at radius 1 is 1.43 bits per heavy atom. The molecule has 118 valence electrons. The molecule has 1 aromatic heterocycles. The molecule has 1 atom stereocenters. The van der Waals surface area contributed by atoms with Gasteiger partial charge in [-0.15, -0.1) is 0 Å². The first kappa shape index (κ1) is 16.7. The van der Waals surface area contributed by atoms with Crippen LogP contribution in [0.3, 0.4) is 0 Å². The van der Waals surface area contributed by atoms with Crippen LogP contribution < -0.4 is 10.2 Å². The minimum atomic E-state index is 0.232. The number of hydrogen-bond donors (Lipinski definition) is 2. The number of rotatable bonds is 7. The maximum absolute atomic E-state index is 9.03. The molecule has 0 saturated carbocycles. The molecule has 1 aliphatic heterocycles. The minimum Gasteiger partial charge on any atom is -0.396 e. The average Bonchev–Trinajstić information content (AvgIpc) is 2.92. The summed E-state index contributed by atoms with van der Waals surface area (Å²) < 4.78 is 0. The van der Waals surface area contributed by atoms with Gasteiger partial charge in [-0.05, 0) is 38.2 Å². The van der Waals surface area contributed by atoms with E-state index in [0.29, 0.717) is 21.9 Å². The summed E-state index contributed by atoms with van der Waals surface area (Å²) in [7, 11) is 0.